The smallest absolute Gasteiger partial charge is 0.176 e. The first kappa shape index (κ1) is 13.4. The topological polar surface area (TPSA) is 55.6 Å². The van der Waals surface area contributed by atoms with Crippen molar-refractivity contribution in [2.24, 2.45) is 7.05 Å². The van der Waals surface area contributed by atoms with Crippen LogP contribution in [0.3, 0.4) is 0 Å². The van der Waals surface area contributed by atoms with Gasteiger partial charge in [-0.1, -0.05) is 18.2 Å². The quantitative estimate of drug-likeness (QED) is 0.846. The van der Waals surface area contributed by atoms with Gasteiger partial charge in [0.15, 0.2) is 5.82 Å². The van der Waals surface area contributed by atoms with Crippen LogP contribution in [-0.2, 0) is 13.5 Å². The number of tetrazole rings is 1. The van der Waals surface area contributed by atoms with Crippen LogP contribution >= 0.6 is 22.6 Å². The zero-order chi connectivity index (χ0) is 13.1. The molecular formula is C12H16IN5. The van der Waals surface area contributed by atoms with E-state index in [1.54, 1.807) is 7.05 Å². The SMILES string of the molecule is CNC(Cc1nnn(C)n1)c1cccc(C)c1I. The predicted molar refractivity (Wildman–Crippen MR) is 78.2 cm³/mol. The Bertz CT molecular complexity index is 537. The molecule has 1 heterocycles. The van der Waals surface area contributed by atoms with E-state index in [0.717, 1.165) is 12.2 Å². The van der Waals surface area contributed by atoms with Gasteiger partial charge in [-0.05, 0) is 52.9 Å². The molecule has 5 nitrogen and oxygen atoms in total. The van der Waals surface area contributed by atoms with E-state index in [0.29, 0.717) is 0 Å². The summed E-state index contributed by atoms with van der Waals surface area (Å²) in [6.07, 6.45) is 0.740. The maximum Gasteiger partial charge on any atom is 0.176 e. The molecule has 1 aromatic heterocycles. The van der Waals surface area contributed by atoms with Crippen molar-refractivity contribution in [3.63, 3.8) is 0 Å². The zero-order valence-corrected chi connectivity index (χ0v) is 12.8. The fourth-order valence-electron chi connectivity index (χ4n) is 1.89. The lowest BCUT2D eigenvalue weighted by Gasteiger charge is -2.17. The van der Waals surface area contributed by atoms with Crippen molar-refractivity contribution in [2.45, 2.75) is 19.4 Å². The average Bonchev–Trinajstić information content (AvgIpc) is 2.76. The highest BCUT2D eigenvalue weighted by molar-refractivity contribution is 14.1. The highest BCUT2D eigenvalue weighted by atomic mass is 127. The van der Waals surface area contributed by atoms with Gasteiger partial charge in [-0.2, -0.15) is 4.80 Å². The summed E-state index contributed by atoms with van der Waals surface area (Å²) in [6, 6.07) is 6.56. The zero-order valence-electron chi connectivity index (χ0n) is 10.7. The van der Waals surface area contributed by atoms with E-state index in [-0.39, 0.29) is 6.04 Å². The molecule has 1 aromatic carbocycles. The third-order valence-electron chi connectivity index (χ3n) is 2.88. The number of benzene rings is 1. The average molecular weight is 357 g/mol. The van der Waals surface area contributed by atoms with Crippen molar-refractivity contribution >= 4 is 22.6 Å². The molecule has 18 heavy (non-hydrogen) atoms. The van der Waals surface area contributed by atoms with E-state index in [2.05, 4.69) is 68.4 Å². The van der Waals surface area contributed by atoms with Crippen LogP contribution in [-0.4, -0.2) is 27.3 Å². The summed E-state index contributed by atoms with van der Waals surface area (Å²) < 4.78 is 1.29. The summed E-state index contributed by atoms with van der Waals surface area (Å²) in [6.45, 7) is 2.12. The maximum absolute atomic E-state index is 4.23. The molecule has 96 valence electrons. The molecule has 2 aromatic rings. The van der Waals surface area contributed by atoms with E-state index in [1.165, 1.54) is 19.5 Å². The Kier molecular flexibility index (Phi) is 4.28. The van der Waals surface area contributed by atoms with Crippen molar-refractivity contribution in [2.75, 3.05) is 7.05 Å². The Balaban J connectivity index is 2.25. The second kappa shape index (κ2) is 5.75. The Hall–Kier alpha value is -1.02. The Labute approximate surface area is 120 Å². The number of nitrogens with zero attached hydrogens (tertiary/aromatic N) is 4. The first-order chi connectivity index (χ1) is 8.61. The van der Waals surface area contributed by atoms with Gasteiger partial charge in [0.2, 0.25) is 0 Å². The molecule has 0 amide bonds. The van der Waals surface area contributed by atoms with Crippen molar-refractivity contribution in [1.29, 1.82) is 0 Å². The molecule has 0 fully saturated rings. The number of hydrogen-bond acceptors (Lipinski definition) is 4. The molecule has 6 heteroatoms. The largest absolute Gasteiger partial charge is 0.313 e. The summed E-state index contributed by atoms with van der Waals surface area (Å²) in [5, 5.41) is 15.5. The minimum Gasteiger partial charge on any atom is -0.313 e. The molecule has 1 N–H and O–H groups in total. The van der Waals surface area contributed by atoms with Crippen molar-refractivity contribution < 1.29 is 0 Å². The molecule has 0 saturated carbocycles. The molecule has 0 aliphatic rings. The normalized spacial score (nSPS) is 12.7. The number of aromatic nitrogens is 4. The Morgan fingerprint density at radius 2 is 2.22 bits per heavy atom. The van der Waals surface area contributed by atoms with Crippen molar-refractivity contribution in [1.82, 2.24) is 25.5 Å². The first-order valence-electron chi connectivity index (χ1n) is 5.77. The van der Waals surface area contributed by atoms with Crippen molar-refractivity contribution in [3.8, 4) is 0 Å². The first-order valence-corrected chi connectivity index (χ1v) is 6.85. The van der Waals surface area contributed by atoms with Crippen LogP contribution in [0, 0.1) is 10.5 Å². The van der Waals surface area contributed by atoms with Crippen LogP contribution in [0.15, 0.2) is 18.2 Å². The second-order valence-electron chi connectivity index (χ2n) is 4.22. The number of aryl methyl sites for hydroxylation is 2. The molecule has 0 aliphatic heterocycles. The molecule has 1 atom stereocenters. The Morgan fingerprint density at radius 1 is 1.44 bits per heavy atom. The van der Waals surface area contributed by atoms with Gasteiger partial charge in [0.05, 0.1) is 7.05 Å². The van der Waals surface area contributed by atoms with E-state index in [9.17, 15) is 0 Å². The number of hydrogen-bond donors (Lipinski definition) is 1. The third kappa shape index (κ3) is 2.86. The molecule has 2 rings (SSSR count). The van der Waals surface area contributed by atoms with Crippen LogP contribution in [0.25, 0.3) is 0 Å². The summed E-state index contributed by atoms with van der Waals surface area (Å²) in [5.74, 6) is 0.758. The standard InChI is InChI=1S/C12H16IN5/c1-8-5-4-6-9(12(8)13)10(14-2)7-11-15-17-18(3)16-11/h4-6,10,14H,7H2,1-3H3. The van der Waals surface area contributed by atoms with Crippen LogP contribution in [0.1, 0.15) is 23.0 Å². The maximum atomic E-state index is 4.23. The molecular weight excluding hydrogens is 341 g/mol. The highest BCUT2D eigenvalue weighted by Gasteiger charge is 2.16. The van der Waals surface area contributed by atoms with Gasteiger partial charge >= 0.3 is 0 Å². The van der Waals surface area contributed by atoms with Gasteiger partial charge in [0, 0.05) is 16.0 Å². The van der Waals surface area contributed by atoms with E-state index >= 15 is 0 Å². The van der Waals surface area contributed by atoms with E-state index < -0.39 is 0 Å². The predicted octanol–water partition coefficient (Wildman–Crippen LogP) is 1.63. The lowest BCUT2D eigenvalue weighted by Crippen LogP contribution is -2.21. The monoisotopic (exact) mass is 357 g/mol. The van der Waals surface area contributed by atoms with Gasteiger partial charge in [-0.15, -0.1) is 10.2 Å². The minimum absolute atomic E-state index is 0.209. The van der Waals surface area contributed by atoms with E-state index in [1.807, 2.05) is 7.05 Å². The van der Waals surface area contributed by atoms with Gasteiger partial charge in [-0.25, -0.2) is 0 Å². The van der Waals surface area contributed by atoms with Gasteiger partial charge in [0.1, 0.15) is 0 Å². The lowest BCUT2D eigenvalue weighted by atomic mass is 10.0. The minimum atomic E-state index is 0.209. The molecule has 0 radical (unpaired) electrons. The van der Waals surface area contributed by atoms with Crippen LogP contribution < -0.4 is 5.32 Å². The fraction of sp³-hybridized carbons (Fsp3) is 0.417. The summed E-state index contributed by atoms with van der Waals surface area (Å²) in [4.78, 5) is 1.49. The molecule has 0 spiro atoms. The van der Waals surface area contributed by atoms with Gasteiger partial charge in [0.25, 0.3) is 0 Å². The molecule has 0 saturated heterocycles. The summed E-state index contributed by atoms with van der Waals surface area (Å²) in [7, 11) is 3.74. The van der Waals surface area contributed by atoms with E-state index in [4.69, 9.17) is 0 Å². The molecule has 0 aliphatic carbocycles. The lowest BCUT2D eigenvalue weighted by molar-refractivity contribution is 0.567. The Morgan fingerprint density at radius 3 is 2.83 bits per heavy atom. The number of likely N-dealkylation sites (N-methyl/N-ethyl adjacent to an activating group) is 1. The summed E-state index contributed by atoms with van der Waals surface area (Å²) >= 11 is 2.39. The van der Waals surface area contributed by atoms with Crippen LogP contribution in [0.5, 0.6) is 0 Å². The second-order valence-corrected chi connectivity index (χ2v) is 5.30. The van der Waals surface area contributed by atoms with Gasteiger partial charge in [-0.3, -0.25) is 0 Å². The van der Waals surface area contributed by atoms with Gasteiger partial charge < -0.3 is 5.32 Å². The summed E-state index contributed by atoms with van der Waals surface area (Å²) in [5.41, 5.74) is 2.58. The van der Waals surface area contributed by atoms with Crippen molar-refractivity contribution in [3.05, 3.63) is 38.7 Å². The highest BCUT2D eigenvalue weighted by Crippen LogP contribution is 2.24. The van der Waals surface area contributed by atoms with Crippen LogP contribution in [0.4, 0.5) is 0 Å². The number of nitrogens with one attached hydrogen (secondary N) is 1. The number of rotatable bonds is 4. The molecule has 0 bridgehead atoms. The fourth-order valence-corrected chi connectivity index (χ4v) is 2.63. The van der Waals surface area contributed by atoms with Crippen LogP contribution in [0.2, 0.25) is 0 Å². The third-order valence-corrected chi connectivity index (χ3v) is 4.36. The number of halogens is 1. The molecule has 1 unspecified atom stereocenters.